The van der Waals surface area contributed by atoms with Crippen molar-refractivity contribution >= 4 is 11.6 Å². The van der Waals surface area contributed by atoms with E-state index in [1.165, 1.54) is 38.2 Å². The highest BCUT2D eigenvalue weighted by atomic mass is 35.5. The quantitative estimate of drug-likeness (QED) is 0.834. The molecule has 3 heteroatoms. The van der Waals surface area contributed by atoms with Crippen LogP contribution in [-0.4, -0.2) is 13.1 Å². The van der Waals surface area contributed by atoms with Gasteiger partial charge < -0.3 is 5.32 Å². The predicted molar refractivity (Wildman–Crippen MR) is 79.2 cm³/mol. The van der Waals surface area contributed by atoms with Crippen molar-refractivity contribution < 1.29 is 4.39 Å². The first kappa shape index (κ1) is 14.8. The van der Waals surface area contributed by atoms with Gasteiger partial charge in [-0.3, -0.25) is 0 Å². The molecule has 106 valence electrons. The highest BCUT2D eigenvalue weighted by Crippen LogP contribution is 2.45. The van der Waals surface area contributed by atoms with Crippen molar-refractivity contribution in [2.45, 2.75) is 51.5 Å². The molecule has 1 aromatic carbocycles. The van der Waals surface area contributed by atoms with E-state index in [0.717, 1.165) is 12.0 Å². The standard InChI is InChI=1S/C16H23ClFN/c1-3-16(9-4-5-10-16)14(19-2)11-12-7-6-8-13(18)15(12)17/h6-8,14,19H,3-5,9-11H2,1-2H3. The lowest BCUT2D eigenvalue weighted by atomic mass is 9.74. The summed E-state index contributed by atoms with van der Waals surface area (Å²) in [7, 11) is 2.01. The van der Waals surface area contributed by atoms with E-state index in [1.54, 1.807) is 6.07 Å². The average Bonchev–Trinajstić information content (AvgIpc) is 2.90. The Balaban J connectivity index is 2.21. The molecular formula is C16H23ClFN. The van der Waals surface area contributed by atoms with Crippen LogP contribution in [0.25, 0.3) is 0 Å². The summed E-state index contributed by atoms with van der Waals surface area (Å²) < 4.78 is 13.5. The van der Waals surface area contributed by atoms with Crippen LogP contribution in [0.3, 0.4) is 0 Å². The third-order valence-electron chi connectivity index (χ3n) is 4.85. The average molecular weight is 284 g/mol. The molecule has 1 fully saturated rings. The molecule has 0 bridgehead atoms. The Labute approximate surface area is 120 Å². The van der Waals surface area contributed by atoms with E-state index in [2.05, 4.69) is 12.2 Å². The van der Waals surface area contributed by atoms with E-state index >= 15 is 0 Å². The van der Waals surface area contributed by atoms with Crippen molar-refractivity contribution in [2.75, 3.05) is 7.05 Å². The van der Waals surface area contributed by atoms with Crippen molar-refractivity contribution in [3.63, 3.8) is 0 Å². The third-order valence-corrected chi connectivity index (χ3v) is 5.27. The highest BCUT2D eigenvalue weighted by Gasteiger charge is 2.39. The summed E-state index contributed by atoms with van der Waals surface area (Å²) in [4.78, 5) is 0. The molecule has 1 saturated carbocycles. The van der Waals surface area contributed by atoms with Crippen LogP contribution < -0.4 is 5.32 Å². The van der Waals surface area contributed by atoms with E-state index in [0.29, 0.717) is 11.5 Å². The van der Waals surface area contributed by atoms with Crippen LogP contribution >= 0.6 is 11.6 Å². The van der Waals surface area contributed by atoms with Gasteiger partial charge >= 0.3 is 0 Å². The summed E-state index contributed by atoms with van der Waals surface area (Å²) in [5.41, 5.74) is 1.27. The van der Waals surface area contributed by atoms with Gasteiger partial charge in [-0.05, 0) is 49.8 Å². The normalized spacial score (nSPS) is 19.6. The van der Waals surface area contributed by atoms with Gasteiger partial charge in [0, 0.05) is 6.04 Å². The third kappa shape index (κ3) is 2.95. The molecule has 1 unspecified atom stereocenters. The summed E-state index contributed by atoms with van der Waals surface area (Å²) in [6.07, 6.45) is 7.13. The Kier molecular flexibility index (Phi) is 4.86. The van der Waals surface area contributed by atoms with Gasteiger partial charge in [0.05, 0.1) is 5.02 Å². The van der Waals surface area contributed by atoms with E-state index < -0.39 is 0 Å². The highest BCUT2D eigenvalue weighted by molar-refractivity contribution is 6.31. The molecule has 0 saturated heterocycles. The first-order valence-electron chi connectivity index (χ1n) is 7.23. The molecule has 1 aromatic rings. The van der Waals surface area contributed by atoms with Gasteiger partial charge in [0.1, 0.15) is 5.82 Å². The number of hydrogen-bond acceptors (Lipinski definition) is 1. The first-order chi connectivity index (χ1) is 9.13. The zero-order chi connectivity index (χ0) is 13.9. The topological polar surface area (TPSA) is 12.0 Å². The molecule has 1 N–H and O–H groups in total. The van der Waals surface area contributed by atoms with Crippen molar-refractivity contribution in [2.24, 2.45) is 5.41 Å². The van der Waals surface area contributed by atoms with Crippen molar-refractivity contribution in [3.8, 4) is 0 Å². The molecule has 19 heavy (non-hydrogen) atoms. The minimum atomic E-state index is -0.314. The van der Waals surface area contributed by atoms with Gasteiger partial charge in [0.15, 0.2) is 0 Å². The molecule has 1 aliphatic carbocycles. The lowest BCUT2D eigenvalue weighted by Crippen LogP contribution is -2.43. The molecule has 0 spiro atoms. The Bertz CT molecular complexity index is 427. The minimum Gasteiger partial charge on any atom is -0.316 e. The van der Waals surface area contributed by atoms with Gasteiger partial charge in [-0.1, -0.05) is 43.5 Å². The number of hydrogen-bond donors (Lipinski definition) is 1. The maximum atomic E-state index is 13.5. The molecule has 0 radical (unpaired) electrons. The maximum Gasteiger partial charge on any atom is 0.142 e. The second-order valence-corrected chi connectivity index (χ2v) is 6.06. The van der Waals surface area contributed by atoms with Crippen LogP contribution in [-0.2, 0) is 6.42 Å². The Hall–Kier alpha value is -0.600. The predicted octanol–water partition coefficient (Wildman–Crippen LogP) is 4.58. The second kappa shape index (κ2) is 6.23. The lowest BCUT2D eigenvalue weighted by Gasteiger charge is -2.37. The van der Waals surface area contributed by atoms with Crippen LogP contribution in [0.5, 0.6) is 0 Å². The van der Waals surface area contributed by atoms with Gasteiger partial charge in [-0.2, -0.15) is 0 Å². The molecule has 1 aliphatic rings. The number of nitrogens with one attached hydrogen (secondary N) is 1. The summed E-state index contributed by atoms with van der Waals surface area (Å²) in [5, 5.41) is 3.73. The minimum absolute atomic E-state index is 0.284. The largest absolute Gasteiger partial charge is 0.316 e. The zero-order valence-electron chi connectivity index (χ0n) is 11.8. The monoisotopic (exact) mass is 283 g/mol. The van der Waals surface area contributed by atoms with Gasteiger partial charge in [0.2, 0.25) is 0 Å². The summed E-state index contributed by atoms with van der Waals surface area (Å²) >= 11 is 6.09. The Morgan fingerprint density at radius 1 is 1.37 bits per heavy atom. The van der Waals surface area contributed by atoms with Gasteiger partial charge in [0.25, 0.3) is 0 Å². The van der Waals surface area contributed by atoms with Crippen LogP contribution in [0.15, 0.2) is 18.2 Å². The van der Waals surface area contributed by atoms with Crippen LogP contribution in [0.4, 0.5) is 4.39 Å². The fourth-order valence-corrected chi connectivity index (χ4v) is 3.78. The number of likely N-dealkylation sites (N-methyl/N-ethyl adjacent to an activating group) is 1. The fourth-order valence-electron chi connectivity index (χ4n) is 3.58. The smallest absolute Gasteiger partial charge is 0.142 e. The zero-order valence-corrected chi connectivity index (χ0v) is 12.6. The lowest BCUT2D eigenvalue weighted by molar-refractivity contribution is 0.192. The van der Waals surface area contributed by atoms with Gasteiger partial charge in [-0.15, -0.1) is 0 Å². The van der Waals surface area contributed by atoms with Crippen LogP contribution in [0, 0.1) is 11.2 Å². The van der Waals surface area contributed by atoms with Crippen molar-refractivity contribution in [1.29, 1.82) is 0 Å². The summed E-state index contributed by atoms with van der Waals surface area (Å²) in [5.74, 6) is -0.314. The summed E-state index contributed by atoms with van der Waals surface area (Å²) in [6, 6.07) is 5.48. The maximum absolute atomic E-state index is 13.5. The molecular weight excluding hydrogens is 261 g/mol. The molecule has 2 rings (SSSR count). The van der Waals surface area contributed by atoms with E-state index in [4.69, 9.17) is 11.6 Å². The molecule has 1 atom stereocenters. The molecule has 0 aliphatic heterocycles. The molecule has 0 amide bonds. The number of benzene rings is 1. The number of halogens is 2. The van der Waals surface area contributed by atoms with E-state index in [1.807, 2.05) is 13.1 Å². The first-order valence-corrected chi connectivity index (χ1v) is 7.61. The Morgan fingerprint density at radius 2 is 2.05 bits per heavy atom. The van der Waals surface area contributed by atoms with Crippen molar-refractivity contribution in [1.82, 2.24) is 5.32 Å². The molecule has 1 nitrogen and oxygen atoms in total. The second-order valence-electron chi connectivity index (χ2n) is 5.68. The number of rotatable bonds is 5. The van der Waals surface area contributed by atoms with E-state index in [-0.39, 0.29) is 10.8 Å². The molecule has 0 heterocycles. The SMILES string of the molecule is CCC1(C(Cc2cccc(F)c2Cl)NC)CCCC1. The van der Waals surface area contributed by atoms with E-state index in [9.17, 15) is 4.39 Å². The van der Waals surface area contributed by atoms with Crippen LogP contribution in [0.2, 0.25) is 5.02 Å². The Morgan fingerprint density at radius 3 is 2.63 bits per heavy atom. The van der Waals surface area contributed by atoms with Crippen molar-refractivity contribution in [3.05, 3.63) is 34.6 Å². The van der Waals surface area contributed by atoms with Crippen LogP contribution in [0.1, 0.15) is 44.6 Å². The summed E-state index contributed by atoms with van der Waals surface area (Å²) in [6.45, 7) is 2.27. The fraction of sp³-hybridized carbons (Fsp3) is 0.625. The van der Waals surface area contributed by atoms with Gasteiger partial charge in [-0.25, -0.2) is 4.39 Å². The molecule has 0 aromatic heterocycles.